The number of ketones is 1. The molecule has 0 spiro atoms. The van der Waals surface area contributed by atoms with Crippen LogP contribution < -0.4 is 5.32 Å². The molecule has 4 rings (SSSR count). The van der Waals surface area contributed by atoms with Crippen molar-refractivity contribution in [1.82, 2.24) is 10.2 Å². The Morgan fingerprint density at radius 3 is 2.41 bits per heavy atom. The first-order valence-corrected chi connectivity index (χ1v) is 9.56. The summed E-state index contributed by atoms with van der Waals surface area (Å²) < 4.78 is 5.76. The highest BCUT2D eigenvalue weighted by Gasteiger charge is 2.40. The van der Waals surface area contributed by atoms with E-state index in [2.05, 4.69) is 5.32 Å². The maximum Gasteiger partial charge on any atom is 0.331 e. The second-order valence-corrected chi connectivity index (χ2v) is 7.27. The molecule has 2 aromatic rings. The molecule has 7 heteroatoms. The summed E-state index contributed by atoms with van der Waals surface area (Å²) in [4.78, 5) is 49.8. The molecule has 0 bridgehead atoms. The Balaban J connectivity index is 1.60. The minimum absolute atomic E-state index is 0.0235. The number of carbonyl (C=O) groups excluding carboxylic acids is 4. The SMILES string of the molecule is CC(=O)c1ccc(-c2ccc(/C=C3\C(=O)NC(=O)N(C4CCCC4)C3=O)o2)cc1. The van der Waals surface area contributed by atoms with Crippen LogP contribution in [-0.4, -0.2) is 34.6 Å². The van der Waals surface area contributed by atoms with E-state index >= 15 is 0 Å². The van der Waals surface area contributed by atoms with E-state index in [4.69, 9.17) is 4.42 Å². The molecular formula is C22H20N2O5. The van der Waals surface area contributed by atoms with Gasteiger partial charge in [0.15, 0.2) is 5.78 Å². The number of furan rings is 1. The third kappa shape index (κ3) is 3.63. The standard InChI is InChI=1S/C22H20N2O5/c1-13(25)14-6-8-15(9-7-14)19-11-10-17(29-19)12-18-20(26)23-22(28)24(21(18)27)16-4-2-3-5-16/h6-12,16H,2-5H2,1H3,(H,23,26,28)/b18-12+. The summed E-state index contributed by atoms with van der Waals surface area (Å²) in [6.07, 6.45) is 4.78. The monoisotopic (exact) mass is 392 g/mol. The minimum atomic E-state index is -0.724. The second kappa shape index (κ2) is 7.50. The van der Waals surface area contributed by atoms with Crippen LogP contribution in [0.15, 0.2) is 46.4 Å². The van der Waals surface area contributed by atoms with Crippen molar-refractivity contribution < 1.29 is 23.6 Å². The predicted octanol–water partition coefficient (Wildman–Crippen LogP) is 3.55. The third-order valence-corrected chi connectivity index (χ3v) is 5.31. The van der Waals surface area contributed by atoms with E-state index in [1.165, 1.54) is 13.0 Å². The maximum atomic E-state index is 12.8. The van der Waals surface area contributed by atoms with Crippen molar-refractivity contribution in [3.05, 3.63) is 53.3 Å². The molecule has 1 aliphatic heterocycles. The first-order valence-electron chi connectivity index (χ1n) is 9.56. The minimum Gasteiger partial charge on any atom is -0.457 e. The van der Waals surface area contributed by atoms with Crippen LogP contribution in [0.25, 0.3) is 17.4 Å². The summed E-state index contributed by atoms with van der Waals surface area (Å²) in [6, 6.07) is 9.50. The fraction of sp³-hybridized carbons (Fsp3) is 0.273. The molecular weight excluding hydrogens is 372 g/mol. The molecule has 1 aromatic carbocycles. The highest BCUT2D eigenvalue weighted by atomic mass is 16.3. The van der Waals surface area contributed by atoms with Gasteiger partial charge in [0.2, 0.25) is 0 Å². The molecule has 1 aliphatic carbocycles. The van der Waals surface area contributed by atoms with Crippen molar-refractivity contribution in [3.63, 3.8) is 0 Å². The molecule has 2 heterocycles. The third-order valence-electron chi connectivity index (χ3n) is 5.31. The average Bonchev–Trinajstić information content (AvgIpc) is 3.37. The van der Waals surface area contributed by atoms with Gasteiger partial charge in [-0.2, -0.15) is 0 Å². The number of barbiturate groups is 1. The van der Waals surface area contributed by atoms with Gasteiger partial charge in [0.05, 0.1) is 0 Å². The fourth-order valence-corrected chi connectivity index (χ4v) is 3.76. The van der Waals surface area contributed by atoms with Gasteiger partial charge in [-0.05, 0) is 38.0 Å². The van der Waals surface area contributed by atoms with Crippen LogP contribution >= 0.6 is 0 Å². The van der Waals surface area contributed by atoms with Gasteiger partial charge in [-0.25, -0.2) is 4.79 Å². The summed E-state index contributed by atoms with van der Waals surface area (Å²) in [7, 11) is 0. The van der Waals surface area contributed by atoms with Gasteiger partial charge in [0.25, 0.3) is 11.8 Å². The highest BCUT2D eigenvalue weighted by Crippen LogP contribution is 2.28. The van der Waals surface area contributed by atoms with Gasteiger partial charge in [-0.1, -0.05) is 37.1 Å². The van der Waals surface area contributed by atoms with Crippen molar-refractivity contribution in [2.24, 2.45) is 0 Å². The average molecular weight is 392 g/mol. The van der Waals surface area contributed by atoms with Gasteiger partial charge in [-0.15, -0.1) is 0 Å². The lowest BCUT2D eigenvalue weighted by Gasteiger charge is -2.30. The number of carbonyl (C=O) groups is 4. The summed E-state index contributed by atoms with van der Waals surface area (Å²) in [5.41, 5.74) is 1.25. The Labute approximate surface area is 167 Å². The van der Waals surface area contributed by atoms with Crippen molar-refractivity contribution in [3.8, 4) is 11.3 Å². The number of rotatable bonds is 4. The summed E-state index contributed by atoms with van der Waals surface area (Å²) in [6.45, 7) is 1.50. The Bertz CT molecular complexity index is 1030. The summed E-state index contributed by atoms with van der Waals surface area (Å²) in [5.74, 6) is -0.466. The van der Waals surface area contributed by atoms with E-state index < -0.39 is 17.8 Å². The number of urea groups is 1. The van der Waals surface area contributed by atoms with E-state index in [0.717, 1.165) is 36.1 Å². The zero-order valence-electron chi connectivity index (χ0n) is 15.9. The largest absolute Gasteiger partial charge is 0.457 e. The normalized spacial score (nSPS) is 19.1. The molecule has 0 atom stereocenters. The number of hydrogen-bond acceptors (Lipinski definition) is 5. The number of imide groups is 2. The smallest absolute Gasteiger partial charge is 0.331 e. The summed E-state index contributed by atoms with van der Waals surface area (Å²) in [5, 5.41) is 2.25. The van der Waals surface area contributed by atoms with Crippen molar-refractivity contribution in [1.29, 1.82) is 0 Å². The summed E-state index contributed by atoms with van der Waals surface area (Å²) >= 11 is 0. The molecule has 1 saturated carbocycles. The van der Waals surface area contributed by atoms with Crippen LogP contribution in [0.4, 0.5) is 4.79 Å². The molecule has 0 unspecified atom stereocenters. The lowest BCUT2D eigenvalue weighted by molar-refractivity contribution is -0.131. The number of benzene rings is 1. The van der Waals surface area contributed by atoms with E-state index in [0.29, 0.717) is 17.1 Å². The van der Waals surface area contributed by atoms with E-state index in [1.54, 1.807) is 36.4 Å². The zero-order chi connectivity index (χ0) is 20.5. The first kappa shape index (κ1) is 18.9. The molecule has 1 saturated heterocycles. The molecule has 2 aliphatic rings. The molecule has 2 fully saturated rings. The van der Waals surface area contributed by atoms with Crippen molar-refractivity contribution in [2.75, 3.05) is 0 Å². The molecule has 1 N–H and O–H groups in total. The predicted molar refractivity (Wildman–Crippen MR) is 105 cm³/mol. The highest BCUT2D eigenvalue weighted by molar-refractivity contribution is 6.31. The van der Waals surface area contributed by atoms with Crippen LogP contribution in [0.3, 0.4) is 0 Å². The maximum absolute atomic E-state index is 12.8. The molecule has 1 aromatic heterocycles. The second-order valence-electron chi connectivity index (χ2n) is 7.27. The molecule has 0 radical (unpaired) electrons. The van der Waals surface area contributed by atoms with E-state index in [-0.39, 0.29) is 17.4 Å². The van der Waals surface area contributed by atoms with Crippen molar-refractivity contribution >= 4 is 29.7 Å². The molecule has 7 nitrogen and oxygen atoms in total. The topological polar surface area (TPSA) is 96.7 Å². The van der Waals surface area contributed by atoms with E-state index in [1.807, 2.05) is 0 Å². The van der Waals surface area contributed by atoms with Crippen LogP contribution in [0.2, 0.25) is 0 Å². The number of nitrogens with one attached hydrogen (secondary N) is 1. The van der Waals surface area contributed by atoms with Crippen molar-refractivity contribution in [2.45, 2.75) is 38.6 Å². The van der Waals surface area contributed by atoms with Gasteiger partial charge in [0.1, 0.15) is 17.1 Å². The van der Waals surface area contributed by atoms with Crippen LogP contribution in [0.1, 0.15) is 48.7 Å². The lowest BCUT2D eigenvalue weighted by Crippen LogP contribution is -2.57. The van der Waals surface area contributed by atoms with Gasteiger partial charge in [0, 0.05) is 17.2 Å². The molecule has 148 valence electrons. The Kier molecular flexibility index (Phi) is 4.88. The lowest BCUT2D eigenvalue weighted by atomic mass is 10.1. The van der Waals surface area contributed by atoms with Gasteiger partial charge >= 0.3 is 6.03 Å². The Hall–Kier alpha value is -3.48. The van der Waals surface area contributed by atoms with E-state index in [9.17, 15) is 19.2 Å². The molecule has 29 heavy (non-hydrogen) atoms. The number of amides is 4. The Morgan fingerprint density at radius 1 is 1.07 bits per heavy atom. The van der Waals surface area contributed by atoms with Gasteiger partial charge in [-0.3, -0.25) is 24.6 Å². The number of hydrogen-bond donors (Lipinski definition) is 1. The zero-order valence-corrected chi connectivity index (χ0v) is 15.9. The van der Waals surface area contributed by atoms with Crippen LogP contribution in [0.5, 0.6) is 0 Å². The fourth-order valence-electron chi connectivity index (χ4n) is 3.76. The van der Waals surface area contributed by atoms with Gasteiger partial charge < -0.3 is 4.42 Å². The van der Waals surface area contributed by atoms with Crippen LogP contribution in [0, 0.1) is 0 Å². The quantitative estimate of drug-likeness (QED) is 0.488. The first-order chi connectivity index (χ1) is 13.9. The van der Waals surface area contributed by atoms with Crippen LogP contribution in [-0.2, 0) is 9.59 Å². The Morgan fingerprint density at radius 2 is 1.76 bits per heavy atom. The number of Topliss-reactive ketones (excluding diaryl/α,β-unsaturated/α-hetero) is 1. The molecule has 4 amide bonds. The number of nitrogens with zero attached hydrogens (tertiary/aromatic N) is 1.